The number of carbonyl (C=O) groups excluding carboxylic acids is 1. The van der Waals surface area contributed by atoms with Crippen LogP contribution in [0.25, 0.3) is 0 Å². The summed E-state index contributed by atoms with van der Waals surface area (Å²) in [6, 6.07) is 16.5. The summed E-state index contributed by atoms with van der Waals surface area (Å²) in [5, 5.41) is 2.63. The highest BCUT2D eigenvalue weighted by atomic mass is 16.5. The molecular formula is C16H13NO2. The van der Waals surface area contributed by atoms with Crippen molar-refractivity contribution in [2.75, 3.05) is 5.32 Å². The van der Waals surface area contributed by atoms with Crippen molar-refractivity contribution in [3.05, 3.63) is 65.7 Å². The number of nitrogens with one attached hydrogen (secondary N) is 1. The van der Waals surface area contributed by atoms with Gasteiger partial charge in [-0.3, -0.25) is 5.32 Å². The lowest BCUT2D eigenvalue weighted by molar-refractivity contribution is 0.155. The number of ether oxygens (including phenoxy) is 1. The fourth-order valence-corrected chi connectivity index (χ4v) is 1.53. The molecule has 1 amide bonds. The predicted octanol–water partition coefficient (Wildman–Crippen LogP) is 3.42. The van der Waals surface area contributed by atoms with Crippen LogP contribution >= 0.6 is 0 Å². The first-order valence-corrected chi connectivity index (χ1v) is 5.82. The summed E-state index contributed by atoms with van der Waals surface area (Å²) >= 11 is 0. The summed E-state index contributed by atoms with van der Waals surface area (Å²) in [5.74, 6) is 2.51. The maximum absolute atomic E-state index is 11.6. The first kappa shape index (κ1) is 12.7. The van der Waals surface area contributed by atoms with Crippen molar-refractivity contribution in [2.24, 2.45) is 0 Å². The van der Waals surface area contributed by atoms with Crippen LogP contribution in [0.15, 0.2) is 54.6 Å². The summed E-state index contributed by atoms with van der Waals surface area (Å²) in [4.78, 5) is 11.6. The molecule has 0 unspecified atom stereocenters. The summed E-state index contributed by atoms with van der Waals surface area (Å²) in [5.41, 5.74) is 2.36. The molecule has 19 heavy (non-hydrogen) atoms. The van der Waals surface area contributed by atoms with E-state index in [0.717, 1.165) is 11.1 Å². The molecule has 94 valence electrons. The van der Waals surface area contributed by atoms with Crippen LogP contribution in [-0.2, 0) is 11.3 Å². The van der Waals surface area contributed by atoms with E-state index in [1.54, 1.807) is 24.3 Å². The maximum Gasteiger partial charge on any atom is 0.411 e. The van der Waals surface area contributed by atoms with Gasteiger partial charge in [0.25, 0.3) is 0 Å². The first-order valence-electron chi connectivity index (χ1n) is 5.82. The van der Waals surface area contributed by atoms with Crippen LogP contribution in [0.5, 0.6) is 0 Å². The molecule has 0 saturated carbocycles. The highest BCUT2D eigenvalue weighted by Crippen LogP contribution is 2.09. The van der Waals surface area contributed by atoms with E-state index >= 15 is 0 Å². The van der Waals surface area contributed by atoms with Crippen molar-refractivity contribution in [1.29, 1.82) is 0 Å². The summed E-state index contributed by atoms with van der Waals surface area (Å²) in [7, 11) is 0. The Morgan fingerprint density at radius 3 is 2.42 bits per heavy atom. The number of hydrogen-bond donors (Lipinski definition) is 1. The SMILES string of the molecule is C#Cc1ccc(NC(=O)OCc2ccccc2)cc1. The van der Waals surface area contributed by atoms with E-state index in [4.69, 9.17) is 11.2 Å². The lowest BCUT2D eigenvalue weighted by atomic mass is 10.2. The zero-order valence-electron chi connectivity index (χ0n) is 10.3. The van der Waals surface area contributed by atoms with Crippen molar-refractivity contribution < 1.29 is 9.53 Å². The molecule has 0 atom stereocenters. The van der Waals surface area contributed by atoms with E-state index in [0.29, 0.717) is 5.69 Å². The number of anilines is 1. The Morgan fingerprint density at radius 1 is 1.11 bits per heavy atom. The van der Waals surface area contributed by atoms with Crippen LogP contribution < -0.4 is 5.32 Å². The van der Waals surface area contributed by atoms with E-state index in [1.165, 1.54) is 0 Å². The molecule has 0 aliphatic rings. The predicted molar refractivity (Wildman–Crippen MR) is 74.6 cm³/mol. The Hall–Kier alpha value is -2.73. The van der Waals surface area contributed by atoms with Crippen LogP contribution in [0.2, 0.25) is 0 Å². The van der Waals surface area contributed by atoms with Gasteiger partial charge in [0.2, 0.25) is 0 Å². The van der Waals surface area contributed by atoms with Gasteiger partial charge in [-0.2, -0.15) is 0 Å². The molecule has 0 radical (unpaired) electrons. The van der Waals surface area contributed by atoms with E-state index in [2.05, 4.69) is 11.2 Å². The van der Waals surface area contributed by atoms with Crippen molar-refractivity contribution in [2.45, 2.75) is 6.61 Å². The summed E-state index contributed by atoms with van der Waals surface area (Å²) < 4.78 is 5.10. The minimum atomic E-state index is -0.489. The van der Waals surface area contributed by atoms with Gasteiger partial charge in [-0.1, -0.05) is 36.3 Å². The molecule has 0 heterocycles. The van der Waals surface area contributed by atoms with Gasteiger partial charge >= 0.3 is 6.09 Å². The number of terminal acetylenes is 1. The zero-order valence-corrected chi connectivity index (χ0v) is 10.3. The lowest BCUT2D eigenvalue weighted by Gasteiger charge is -2.07. The molecule has 0 aliphatic heterocycles. The third-order valence-electron chi connectivity index (χ3n) is 2.51. The molecule has 2 aromatic rings. The van der Waals surface area contributed by atoms with E-state index in [1.807, 2.05) is 30.3 Å². The van der Waals surface area contributed by atoms with Gasteiger partial charge in [0.15, 0.2) is 0 Å². The average Bonchev–Trinajstić information content (AvgIpc) is 2.47. The van der Waals surface area contributed by atoms with Gasteiger partial charge in [-0.25, -0.2) is 4.79 Å². The van der Waals surface area contributed by atoms with Gasteiger partial charge < -0.3 is 4.74 Å². The molecule has 1 N–H and O–H groups in total. The second-order valence-electron chi connectivity index (χ2n) is 3.91. The van der Waals surface area contributed by atoms with Crippen molar-refractivity contribution >= 4 is 11.8 Å². The molecule has 0 saturated heterocycles. The molecule has 0 bridgehead atoms. The van der Waals surface area contributed by atoms with E-state index < -0.39 is 6.09 Å². The Labute approximate surface area is 112 Å². The number of amides is 1. The van der Waals surface area contributed by atoms with Crippen LogP contribution in [0.4, 0.5) is 10.5 Å². The molecule has 3 nitrogen and oxygen atoms in total. The Morgan fingerprint density at radius 2 is 1.79 bits per heavy atom. The molecule has 0 spiro atoms. The summed E-state index contributed by atoms with van der Waals surface area (Å²) in [6.07, 6.45) is 4.76. The van der Waals surface area contributed by atoms with Crippen molar-refractivity contribution in [3.8, 4) is 12.3 Å². The van der Waals surface area contributed by atoms with Gasteiger partial charge in [-0.15, -0.1) is 6.42 Å². The quantitative estimate of drug-likeness (QED) is 0.849. The fourth-order valence-electron chi connectivity index (χ4n) is 1.53. The number of benzene rings is 2. The van der Waals surface area contributed by atoms with Gasteiger partial charge in [0, 0.05) is 11.3 Å². The first-order chi connectivity index (χ1) is 9.28. The van der Waals surface area contributed by atoms with E-state index in [9.17, 15) is 4.79 Å². The Kier molecular flexibility index (Phi) is 4.20. The monoisotopic (exact) mass is 251 g/mol. The smallest absolute Gasteiger partial charge is 0.411 e. The van der Waals surface area contributed by atoms with Gasteiger partial charge in [0.1, 0.15) is 6.61 Å². The third-order valence-corrected chi connectivity index (χ3v) is 2.51. The van der Waals surface area contributed by atoms with Crippen LogP contribution in [-0.4, -0.2) is 6.09 Å². The lowest BCUT2D eigenvalue weighted by Crippen LogP contribution is -2.13. The van der Waals surface area contributed by atoms with Gasteiger partial charge in [0.05, 0.1) is 0 Å². The Bertz CT molecular complexity index is 582. The highest BCUT2D eigenvalue weighted by molar-refractivity contribution is 5.84. The highest BCUT2D eigenvalue weighted by Gasteiger charge is 2.03. The zero-order chi connectivity index (χ0) is 13.5. The minimum Gasteiger partial charge on any atom is -0.444 e. The second-order valence-corrected chi connectivity index (χ2v) is 3.91. The molecule has 0 aromatic heterocycles. The number of hydrogen-bond acceptors (Lipinski definition) is 2. The molecule has 2 aromatic carbocycles. The average molecular weight is 251 g/mol. The van der Waals surface area contributed by atoms with Crippen LogP contribution in [0, 0.1) is 12.3 Å². The topological polar surface area (TPSA) is 38.3 Å². The van der Waals surface area contributed by atoms with Gasteiger partial charge in [-0.05, 0) is 29.8 Å². The third kappa shape index (κ3) is 3.90. The molecule has 3 heteroatoms. The van der Waals surface area contributed by atoms with Crippen LogP contribution in [0.1, 0.15) is 11.1 Å². The summed E-state index contributed by atoms with van der Waals surface area (Å²) in [6.45, 7) is 0.245. The number of rotatable bonds is 3. The fraction of sp³-hybridized carbons (Fsp3) is 0.0625. The molecule has 0 aliphatic carbocycles. The number of carbonyl (C=O) groups is 1. The minimum absolute atomic E-state index is 0.245. The normalized spacial score (nSPS) is 9.42. The maximum atomic E-state index is 11.6. The molecule has 0 fully saturated rings. The molecule has 2 rings (SSSR count). The second kappa shape index (κ2) is 6.27. The Balaban J connectivity index is 1.86. The van der Waals surface area contributed by atoms with E-state index in [-0.39, 0.29) is 6.61 Å². The van der Waals surface area contributed by atoms with Crippen LogP contribution in [0.3, 0.4) is 0 Å². The van der Waals surface area contributed by atoms with Crippen molar-refractivity contribution in [3.63, 3.8) is 0 Å². The largest absolute Gasteiger partial charge is 0.444 e. The molecular weight excluding hydrogens is 238 g/mol. The standard InChI is InChI=1S/C16H13NO2/c1-2-13-8-10-15(11-9-13)17-16(18)19-12-14-6-4-3-5-7-14/h1,3-11H,12H2,(H,17,18). The van der Waals surface area contributed by atoms with Crippen molar-refractivity contribution in [1.82, 2.24) is 0 Å².